The second-order valence-corrected chi connectivity index (χ2v) is 7.43. The maximum absolute atomic E-state index is 12.0. The fourth-order valence-corrected chi connectivity index (χ4v) is 2.17. The molecule has 0 aliphatic heterocycles. The van der Waals surface area contributed by atoms with E-state index in [0.29, 0.717) is 5.41 Å². The van der Waals surface area contributed by atoms with Crippen LogP contribution in [-0.2, 0) is 4.79 Å². The topological polar surface area (TPSA) is 29.1 Å². The summed E-state index contributed by atoms with van der Waals surface area (Å²) in [5.74, 6) is 1.08. The van der Waals surface area contributed by atoms with Crippen LogP contribution in [0.1, 0.15) is 54.9 Å². The maximum atomic E-state index is 12.0. The van der Waals surface area contributed by atoms with Crippen LogP contribution >= 0.6 is 11.8 Å². The molecule has 1 N–H and O–H groups in total. The van der Waals surface area contributed by atoms with Crippen molar-refractivity contribution in [3.63, 3.8) is 0 Å². The van der Waals surface area contributed by atoms with E-state index in [9.17, 15) is 4.79 Å². The highest BCUT2D eigenvalue weighted by atomic mass is 32.2. The molecule has 0 aromatic carbocycles. The lowest BCUT2D eigenvalue weighted by molar-refractivity contribution is -0.118. The fraction of sp³-hybridized carbons (Fsp3) is 0.786. The fourth-order valence-electron chi connectivity index (χ4n) is 1.11. The highest BCUT2D eigenvalue weighted by Gasteiger charge is 2.16. The molecule has 0 saturated carbocycles. The van der Waals surface area contributed by atoms with Gasteiger partial charge in [-0.15, -0.1) is 11.8 Å². The standard InChI is InChI=1S/C14H27NOS/c1-8-11(9-17-10-13(2,3)4)12(16)15-14(5,6)7/h9H,8,10H2,1-7H3,(H,15,16)/b11-9+. The molecule has 0 unspecified atom stereocenters. The van der Waals surface area contributed by atoms with Crippen LogP contribution in [0.5, 0.6) is 0 Å². The second kappa shape index (κ2) is 6.48. The van der Waals surface area contributed by atoms with Gasteiger partial charge in [0.2, 0.25) is 5.91 Å². The number of carbonyl (C=O) groups is 1. The lowest BCUT2D eigenvalue weighted by Gasteiger charge is -2.21. The van der Waals surface area contributed by atoms with Gasteiger partial charge in [-0.1, -0.05) is 27.7 Å². The van der Waals surface area contributed by atoms with Crippen molar-refractivity contribution in [2.45, 2.75) is 60.4 Å². The first-order chi connectivity index (χ1) is 7.55. The van der Waals surface area contributed by atoms with Crippen molar-refractivity contribution in [1.82, 2.24) is 5.32 Å². The molecule has 0 aliphatic rings. The number of amides is 1. The van der Waals surface area contributed by atoms with E-state index in [4.69, 9.17) is 0 Å². The van der Waals surface area contributed by atoms with Crippen LogP contribution in [0.3, 0.4) is 0 Å². The molecule has 0 rings (SSSR count). The van der Waals surface area contributed by atoms with Gasteiger partial charge < -0.3 is 5.32 Å². The summed E-state index contributed by atoms with van der Waals surface area (Å²) >= 11 is 1.72. The van der Waals surface area contributed by atoms with Crippen LogP contribution in [-0.4, -0.2) is 17.2 Å². The maximum Gasteiger partial charge on any atom is 0.248 e. The number of hydrogen-bond acceptors (Lipinski definition) is 2. The molecule has 0 bridgehead atoms. The van der Waals surface area contributed by atoms with E-state index in [-0.39, 0.29) is 11.4 Å². The lowest BCUT2D eigenvalue weighted by atomic mass is 10.0. The van der Waals surface area contributed by atoms with Crippen molar-refractivity contribution >= 4 is 17.7 Å². The molecule has 3 heteroatoms. The van der Waals surface area contributed by atoms with Crippen LogP contribution in [0, 0.1) is 5.41 Å². The van der Waals surface area contributed by atoms with Crippen LogP contribution in [0.2, 0.25) is 0 Å². The first-order valence-corrected chi connectivity index (χ1v) is 7.23. The smallest absolute Gasteiger partial charge is 0.248 e. The Morgan fingerprint density at radius 3 is 2.06 bits per heavy atom. The normalized spacial score (nSPS) is 13.7. The molecule has 0 heterocycles. The van der Waals surface area contributed by atoms with Gasteiger partial charge in [-0.25, -0.2) is 0 Å². The Morgan fingerprint density at radius 1 is 1.18 bits per heavy atom. The Bertz CT molecular complexity index is 282. The molecule has 2 nitrogen and oxygen atoms in total. The summed E-state index contributed by atoms with van der Waals surface area (Å²) in [4.78, 5) is 12.0. The van der Waals surface area contributed by atoms with Crippen LogP contribution in [0.15, 0.2) is 11.0 Å². The van der Waals surface area contributed by atoms with Gasteiger partial charge in [0.15, 0.2) is 0 Å². The summed E-state index contributed by atoms with van der Waals surface area (Å²) in [6, 6.07) is 0. The van der Waals surface area contributed by atoms with Gasteiger partial charge in [0.1, 0.15) is 0 Å². The molecule has 1 amide bonds. The third-order valence-corrected chi connectivity index (χ3v) is 3.39. The highest BCUT2D eigenvalue weighted by Crippen LogP contribution is 2.22. The first kappa shape index (κ1) is 16.6. The van der Waals surface area contributed by atoms with Gasteiger partial charge in [0, 0.05) is 16.9 Å². The molecule has 0 aromatic heterocycles. The van der Waals surface area contributed by atoms with E-state index in [0.717, 1.165) is 17.7 Å². The van der Waals surface area contributed by atoms with E-state index < -0.39 is 0 Å². The number of carbonyl (C=O) groups excluding carboxylic acids is 1. The average Bonchev–Trinajstić information content (AvgIpc) is 2.07. The molecule has 0 aromatic rings. The predicted molar refractivity (Wildman–Crippen MR) is 78.2 cm³/mol. The van der Waals surface area contributed by atoms with E-state index in [1.165, 1.54) is 0 Å². The Hall–Kier alpha value is -0.440. The first-order valence-electron chi connectivity index (χ1n) is 6.18. The summed E-state index contributed by atoms with van der Waals surface area (Å²) in [6.45, 7) is 14.6. The third kappa shape index (κ3) is 9.28. The van der Waals surface area contributed by atoms with Gasteiger partial charge >= 0.3 is 0 Å². The zero-order valence-corrected chi connectivity index (χ0v) is 13.1. The van der Waals surface area contributed by atoms with Gasteiger partial charge in [-0.3, -0.25) is 4.79 Å². The molecular formula is C14H27NOS. The summed E-state index contributed by atoms with van der Waals surface area (Å²) < 4.78 is 0. The van der Waals surface area contributed by atoms with E-state index >= 15 is 0 Å². The molecule has 0 fully saturated rings. The molecule has 0 radical (unpaired) electrons. The van der Waals surface area contributed by atoms with Gasteiger partial charge in [0.05, 0.1) is 0 Å². The van der Waals surface area contributed by atoms with Gasteiger partial charge in [0.25, 0.3) is 0 Å². The summed E-state index contributed by atoms with van der Waals surface area (Å²) in [6.07, 6.45) is 0.777. The number of nitrogens with one attached hydrogen (secondary N) is 1. The number of rotatable bonds is 4. The van der Waals surface area contributed by atoms with Crippen molar-refractivity contribution in [2.24, 2.45) is 5.41 Å². The Morgan fingerprint density at radius 2 is 1.71 bits per heavy atom. The quantitative estimate of drug-likeness (QED) is 0.772. The molecule has 0 aliphatic carbocycles. The Kier molecular flexibility index (Phi) is 6.31. The molecular weight excluding hydrogens is 230 g/mol. The minimum Gasteiger partial charge on any atom is -0.348 e. The van der Waals surface area contributed by atoms with Crippen molar-refractivity contribution in [3.8, 4) is 0 Å². The Labute approximate surface area is 111 Å². The SMILES string of the molecule is CC/C(=C\SCC(C)(C)C)C(=O)NC(C)(C)C. The summed E-state index contributed by atoms with van der Waals surface area (Å²) in [5, 5.41) is 5.00. The highest BCUT2D eigenvalue weighted by molar-refractivity contribution is 8.02. The van der Waals surface area contributed by atoms with E-state index in [1.54, 1.807) is 11.8 Å². The summed E-state index contributed by atoms with van der Waals surface area (Å²) in [5.41, 5.74) is 0.995. The Balaban J connectivity index is 4.41. The molecule has 100 valence electrons. The molecule has 0 spiro atoms. The van der Waals surface area contributed by atoms with E-state index in [2.05, 4.69) is 26.1 Å². The van der Waals surface area contributed by atoms with Crippen molar-refractivity contribution in [3.05, 3.63) is 11.0 Å². The zero-order chi connectivity index (χ0) is 13.7. The predicted octanol–water partition coefficient (Wildman–Crippen LogP) is 3.97. The zero-order valence-electron chi connectivity index (χ0n) is 12.3. The molecule has 0 atom stereocenters. The molecule has 17 heavy (non-hydrogen) atoms. The average molecular weight is 257 g/mol. The number of hydrogen-bond donors (Lipinski definition) is 1. The van der Waals surface area contributed by atoms with Gasteiger partial charge in [-0.2, -0.15) is 0 Å². The minimum atomic E-state index is -0.167. The molecule has 0 saturated heterocycles. The van der Waals surface area contributed by atoms with Crippen molar-refractivity contribution in [1.29, 1.82) is 0 Å². The summed E-state index contributed by atoms with van der Waals surface area (Å²) in [7, 11) is 0. The second-order valence-electron chi connectivity index (χ2n) is 6.57. The van der Waals surface area contributed by atoms with Crippen LogP contribution in [0.4, 0.5) is 0 Å². The lowest BCUT2D eigenvalue weighted by Crippen LogP contribution is -2.41. The van der Waals surface area contributed by atoms with Crippen molar-refractivity contribution < 1.29 is 4.79 Å². The van der Waals surface area contributed by atoms with Crippen LogP contribution in [0.25, 0.3) is 0 Å². The third-order valence-electron chi connectivity index (χ3n) is 1.90. The monoisotopic (exact) mass is 257 g/mol. The largest absolute Gasteiger partial charge is 0.348 e. The van der Waals surface area contributed by atoms with Crippen molar-refractivity contribution in [2.75, 3.05) is 5.75 Å². The van der Waals surface area contributed by atoms with E-state index in [1.807, 2.05) is 33.1 Å². The number of thioether (sulfide) groups is 1. The minimum absolute atomic E-state index is 0.0569. The van der Waals surface area contributed by atoms with Gasteiger partial charge in [-0.05, 0) is 38.0 Å². The van der Waals surface area contributed by atoms with Crippen LogP contribution < -0.4 is 5.32 Å².